The van der Waals surface area contributed by atoms with Crippen molar-refractivity contribution in [1.82, 2.24) is 10.0 Å². The van der Waals surface area contributed by atoms with E-state index in [-0.39, 0.29) is 23.3 Å². The van der Waals surface area contributed by atoms with Crippen molar-refractivity contribution in [2.45, 2.75) is 31.3 Å². The maximum atomic E-state index is 12.8. The molecule has 1 atom stereocenters. The largest absolute Gasteiger partial charge is 0.468 e. The maximum absolute atomic E-state index is 12.8. The zero-order valence-electron chi connectivity index (χ0n) is 17.0. The lowest BCUT2D eigenvalue weighted by Gasteiger charge is -2.21. The van der Waals surface area contributed by atoms with Crippen LogP contribution in [0.1, 0.15) is 29.3 Å². The van der Waals surface area contributed by atoms with Crippen molar-refractivity contribution in [2.24, 2.45) is 5.92 Å². The zero-order valence-corrected chi connectivity index (χ0v) is 18.6. The lowest BCUT2D eigenvalue weighted by molar-refractivity contribution is -0.118. The molecule has 0 aliphatic carbocycles. The highest BCUT2D eigenvalue weighted by atomic mass is 32.2. The van der Waals surface area contributed by atoms with Gasteiger partial charge in [0.2, 0.25) is 15.9 Å². The topological polar surface area (TPSA) is 118 Å². The highest BCUT2D eigenvalue weighted by Crippen LogP contribution is 2.17. The van der Waals surface area contributed by atoms with Crippen molar-refractivity contribution in [2.75, 3.05) is 5.32 Å². The standard InChI is InChI=1S/C21H23N3O5S2/c1-14(2)19(24-20(25)18-9-5-11-30-18)21(26)23-15-6-3-8-17(12-15)31(27,28)22-13-16-7-4-10-29-16/h3-12,14,19,22H,13H2,1-2H3,(H,23,26)(H,24,25). The molecule has 3 rings (SSSR count). The highest BCUT2D eigenvalue weighted by Gasteiger charge is 2.25. The second kappa shape index (κ2) is 9.90. The summed E-state index contributed by atoms with van der Waals surface area (Å²) in [5.41, 5.74) is 0.307. The van der Waals surface area contributed by atoms with E-state index in [1.54, 1.807) is 35.7 Å². The molecule has 0 bridgehead atoms. The number of carbonyl (C=O) groups excluding carboxylic acids is 2. The van der Waals surface area contributed by atoms with E-state index >= 15 is 0 Å². The summed E-state index contributed by atoms with van der Waals surface area (Å²) in [6.07, 6.45) is 1.46. The molecule has 3 aromatic rings. The number of anilines is 1. The molecule has 3 N–H and O–H groups in total. The molecule has 0 fully saturated rings. The second-order valence-electron chi connectivity index (χ2n) is 7.09. The number of hydrogen-bond acceptors (Lipinski definition) is 6. The van der Waals surface area contributed by atoms with E-state index in [9.17, 15) is 18.0 Å². The number of sulfonamides is 1. The smallest absolute Gasteiger partial charge is 0.262 e. The van der Waals surface area contributed by atoms with Gasteiger partial charge < -0.3 is 15.1 Å². The maximum Gasteiger partial charge on any atom is 0.262 e. The van der Waals surface area contributed by atoms with Crippen molar-refractivity contribution in [3.05, 3.63) is 70.8 Å². The molecule has 31 heavy (non-hydrogen) atoms. The Labute approximate surface area is 184 Å². The summed E-state index contributed by atoms with van der Waals surface area (Å²) in [6.45, 7) is 3.65. The van der Waals surface area contributed by atoms with Gasteiger partial charge in [0.15, 0.2) is 0 Å². The van der Waals surface area contributed by atoms with Gasteiger partial charge in [0.05, 0.1) is 22.6 Å². The number of rotatable bonds is 9. The molecule has 1 unspecified atom stereocenters. The monoisotopic (exact) mass is 461 g/mol. The second-order valence-corrected chi connectivity index (χ2v) is 9.81. The Bertz CT molecular complexity index is 1120. The van der Waals surface area contributed by atoms with Gasteiger partial charge in [-0.15, -0.1) is 11.3 Å². The van der Waals surface area contributed by atoms with E-state index in [1.165, 1.54) is 35.8 Å². The van der Waals surface area contributed by atoms with Crippen LogP contribution in [0.3, 0.4) is 0 Å². The third-order valence-corrected chi connectivity index (χ3v) is 6.68. The molecule has 0 saturated heterocycles. The first kappa shape index (κ1) is 22.7. The zero-order chi connectivity index (χ0) is 22.4. The van der Waals surface area contributed by atoms with E-state index in [4.69, 9.17) is 4.42 Å². The van der Waals surface area contributed by atoms with Crippen LogP contribution in [-0.4, -0.2) is 26.3 Å². The SMILES string of the molecule is CC(C)C(NC(=O)c1cccs1)C(=O)Nc1cccc(S(=O)(=O)NCc2ccco2)c1. The highest BCUT2D eigenvalue weighted by molar-refractivity contribution is 7.89. The predicted octanol–water partition coefficient (Wildman–Crippen LogP) is 3.21. The van der Waals surface area contributed by atoms with Crippen molar-refractivity contribution in [1.29, 1.82) is 0 Å². The van der Waals surface area contributed by atoms with Crippen molar-refractivity contribution < 1.29 is 22.4 Å². The Morgan fingerprint density at radius 1 is 1.10 bits per heavy atom. The molecule has 2 aromatic heterocycles. The molecule has 0 aliphatic rings. The summed E-state index contributed by atoms with van der Waals surface area (Å²) in [7, 11) is -3.81. The minimum atomic E-state index is -3.81. The summed E-state index contributed by atoms with van der Waals surface area (Å²) in [6, 6.07) is 11.9. The van der Waals surface area contributed by atoms with Gasteiger partial charge in [-0.25, -0.2) is 13.1 Å². The van der Waals surface area contributed by atoms with Crippen LogP contribution >= 0.6 is 11.3 Å². The molecule has 10 heteroatoms. The van der Waals surface area contributed by atoms with E-state index in [2.05, 4.69) is 15.4 Å². The summed E-state index contributed by atoms with van der Waals surface area (Å²) in [4.78, 5) is 25.7. The van der Waals surface area contributed by atoms with E-state index < -0.39 is 22.0 Å². The molecule has 0 spiro atoms. The van der Waals surface area contributed by atoms with Crippen LogP contribution in [0.4, 0.5) is 5.69 Å². The predicted molar refractivity (Wildman–Crippen MR) is 118 cm³/mol. The van der Waals surface area contributed by atoms with Gasteiger partial charge in [-0.3, -0.25) is 9.59 Å². The fourth-order valence-corrected chi connectivity index (χ4v) is 4.44. The third kappa shape index (κ3) is 6.03. The fourth-order valence-electron chi connectivity index (χ4n) is 2.78. The van der Waals surface area contributed by atoms with E-state index in [0.717, 1.165) is 0 Å². The molecule has 0 saturated carbocycles. The van der Waals surface area contributed by atoms with Gasteiger partial charge >= 0.3 is 0 Å². The fraction of sp³-hybridized carbons (Fsp3) is 0.238. The molecule has 164 valence electrons. The summed E-state index contributed by atoms with van der Waals surface area (Å²) >= 11 is 1.28. The quantitative estimate of drug-likeness (QED) is 0.452. The number of furan rings is 1. The molecule has 8 nitrogen and oxygen atoms in total. The molecule has 1 aromatic carbocycles. The molecule has 0 radical (unpaired) electrons. The Morgan fingerprint density at radius 3 is 2.55 bits per heavy atom. The Balaban J connectivity index is 1.69. The normalized spacial score (nSPS) is 12.5. The molecular formula is C21H23N3O5S2. The van der Waals surface area contributed by atoms with Crippen LogP contribution in [0.2, 0.25) is 0 Å². The number of amides is 2. The van der Waals surface area contributed by atoms with E-state index in [0.29, 0.717) is 16.3 Å². The number of carbonyl (C=O) groups is 2. The van der Waals surface area contributed by atoms with Crippen LogP contribution in [0, 0.1) is 5.92 Å². The Hall–Kier alpha value is -2.95. The van der Waals surface area contributed by atoms with Crippen LogP contribution in [-0.2, 0) is 21.4 Å². The summed E-state index contributed by atoms with van der Waals surface area (Å²) in [5, 5.41) is 7.22. The van der Waals surface area contributed by atoms with Gasteiger partial charge in [-0.2, -0.15) is 0 Å². The first-order chi connectivity index (χ1) is 14.8. The van der Waals surface area contributed by atoms with E-state index in [1.807, 2.05) is 13.8 Å². The number of thiophene rings is 1. The van der Waals surface area contributed by atoms with Crippen LogP contribution in [0.15, 0.2) is 69.5 Å². The minimum absolute atomic E-state index is 0.000532. The molecule has 2 amide bonds. The number of nitrogens with one attached hydrogen (secondary N) is 3. The lowest BCUT2D eigenvalue weighted by Crippen LogP contribution is -2.46. The molecular weight excluding hydrogens is 438 g/mol. The summed E-state index contributed by atoms with van der Waals surface area (Å²) in [5.74, 6) is -0.458. The Morgan fingerprint density at radius 2 is 1.90 bits per heavy atom. The van der Waals surface area contributed by atoms with Crippen LogP contribution in [0.5, 0.6) is 0 Å². The first-order valence-electron chi connectivity index (χ1n) is 9.53. The lowest BCUT2D eigenvalue weighted by atomic mass is 10.0. The van der Waals surface area contributed by atoms with Crippen molar-refractivity contribution in [3.63, 3.8) is 0 Å². The molecule has 0 aliphatic heterocycles. The average Bonchev–Trinajstić information content (AvgIpc) is 3.44. The van der Waals surface area contributed by atoms with Gasteiger partial charge in [0.1, 0.15) is 11.8 Å². The van der Waals surface area contributed by atoms with Crippen LogP contribution < -0.4 is 15.4 Å². The first-order valence-corrected chi connectivity index (χ1v) is 11.9. The number of benzene rings is 1. The van der Waals surface area contributed by atoms with Gasteiger partial charge in [-0.1, -0.05) is 26.0 Å². The third-order valence-electron chi connectivity index (χ3n) is 4.41. The Kier molecular flexibility index (Phi) is 7.26. The van der Waals surface area contributed by atoms with Gasteiger partial charge in [-0.05, 0) is 47.7 Å². The van der Waals surface area contributed by atoms with Gasteiger partial charge in [0, 0.05) is 5.69 Å². The summed E-state index contributed by atoms with van der Waals surface area (Å²) < 4.78 is 32.7. The average molecular weight is 462 g/mol. The van der Waals surface area contributed by atoms with Crippen molar-refractivity contribution in [3.8, 4) is 0 Å². The minimum Gasteiger partial charge on any atom is -0.468 e. The van der Waals surface area contributed by atoms with Gasteiger partial charge in [0.25, 0.3) is 5.91 Å². The molecule has 2 heterocycles. The number of hydrogen-bond donors (Lipinski definition) is 3. The van der Waals surface area contributed by atoms with Crippen LogP contribution in [0.25, 0.3) is 0 Å². The van der Waals surface area contributed by atoms with Crippen molar-refractivity contribution >= 4 is 38.9 Å².